The molecule has 0 fully saturated rings. The predicted octanol–water partition coefficient (Wildman–Crippen LogP) is 10.4. The van der Waals surface area contributed by atoms with E-state index in [1.807, 2.05) is 0 Å². The van der Waals surface area contributed by atoms with E-state index in [-0.39, 0.29) is 0 Å². The first-order chi connectivity index (χ1) is 23.8. The van der Waals surface area contributed by atoms with Gasteiger partial charge in [0.05, 0.1) is 64.2 Å². The molecule has 2 rings (SSSR count). The van der Waals surface area contributed by atoms with Crippen molar-refractivity contribution in [3.05, 3.63) is 28.5 Å². The van der Waals surface area contributed by atoms with Gasteiger partial charge in [0, 0.05) is 21.6 Å². The van der Waals surface area contributed by atoms with Crippen LogP contribution in [0.4, 0.5) is 0 Å². The molecule has 0 spiro atoms. The molecule has 0 saturated heterocycles. The molecule has 1 aromatic rings. The summed E-state index contributed by atoms with van der Waals surface area (Å²) in [5.74, 6) is 0. The van der Waals surface area contributed by atoms with Crippen molar-refractivity contribution in [2.75, 3.05) is 52.4 Å². The summed E-state index contributed by atoms with van der Waals surface area (Å²) in [7, 11) is -5.17. The van der Waals surface area contributed by atoms with E-state index in [1.54, 1.807) is 12.3 Å². The molecular formula is C40H80ClN3O5S. The van der Waals surface area contributed by atoms with Crippen molar-refractivity contribution in [3.8, 4) is 0 Å². The van der Waals surface area contributed by atoms with Gasteiger partial charge in [-0.05, 0) is 75.8 Å². The van der Waals surface area contributed by atoms with E-state index in [0.717, 1.165) is 29.1 Å². The van der Waals surface area contributed by atoms with E-state index in [4.69, 9.17) is 29.1 Å². The Morgan fingerprint density at radius 1 is 0.640 bits per heavy atom. The largest absolute Gasteiger partial charge is 0.759 e. The van der Waals surface area contributed by atoms with Gasteiger partial charge in [0.2, 0.25) is 0 Å². The number of fused-ring (bicyclic) bond motifs is 1. The number of nitrogens with zero attached hydrogens (tertiary/aromatic N) is 3. The Labute approximate surface area is 315 Å². The summed E-state index contributed by atoms with van der Waals surface area (Å²) < 4.78 is 36.9. The molecule has 0 aliphatic heterocycles. The highest BCUT2D eigenvalue weighted by molar-refractivity contribution is 7.79. The van der Waals surface area contributed by atoms with Gasteiger partial charge in [0.1, 0.15) is 0 Å². The number of pyridine rings is 1. The molecule has 10 heteroatoms. The maximum atomic E-state index is 9.38. The van der Waals surface area contributed by atoms with Gasteiger partial charge >= 0.3 is 0 Å². The third-order valence-corrected chi connectivity index (χ3v) is 10.3. The van der Waals surface area contributed by atoms with Crippen LogP contribution in [0.5, 0.6) is 0 Å². The smallest absolute Gasteiger partial charge is 0.0966 e. The van der Waals surface area contributed by atoms with E-state index >= 15 is 0 Å². The molecule has 1 aromatic heterocycles. The Morgan fingerprint density at radius 3 is 1.12 bits per heavy atom. The Hall–Kier alpha value is -0.810. The Bertz CT molecular complexity index is 909. The van der Waals surface area contributed by atoms with E-state index in [2.05, 4.69) is 60.4 Å². The SMILES string of the molecule is CCCC[N+](CCCC)(CCCC)CCCC.CCCC[N+](CCCC)(CCCC)CCCC.O=S(=O)([O-])[O-].OC1CCc2c(Cl)ccnc21. The second-order valence-electron chi connectivity index (χ2n) is 14.4. The number of rotatable bonds is 24. The molecule has 0 bridgehead atoms. The van der Waals surface area contributed by atoms with Crippen molar-refractivity contribution < 1.29 is 31.6 Å². The van der Waals surface area contributed by atoms with Gasteiger partial charge in [-0.15, -0.1) is 0 Å². The van der Waals surface area contributed by atoms with Crippen LogP contribution in [0.1, 0.15) is 182 Å². The van der Waals surface area contributed by atoms with Crippen LogP contribution in [0.3, 0.4) is 0 Å². The molecule has 0 aromatic carbocycles. The molecular weight excluding hydrogens is 670 g/mol. The number of quaternary nitrogens is 2. The highest BCUT2D eigenvalue weighted by Gasteiger charge is 2.26. The van der Waals surface area contributed by atoms with Gasteiger partial charge in [-0.2, -0.15) is 0 Å². The molecule has 50 heavy (non-hydrogen) atoms. The van der Waals surface area contributed by atoms with Crippen molar-refractivity contribution in [1.29, 1.82) is 0 Å². The minimum Gasteiger partial charge on any atom is -0.759 e. The van der Waals surface area contributed by atoms with Gasteiger partial charge in [-0.1, -0.05) is 118 Å². The van der Waals surface area contributed by atoms with Gasteiger partial charge in [-0.3, -0.25) is 13.4 Å². The lowest BCUT2D eigenvalue weighted by atomic mass is 10.1. The highest BCUT2D eigenvalue weighted by atomic mass is 35.5. The van der Waals surface area contributed by atoms with E-state index in [0.29, 0.717) is 0 Å². The van der Waals surface area contributed by atoms with Crippen molar-refractivity contribution >= 4 is 22.0 Å². The minimum atomic E-state index is -5.17. The number of aliphatic hydroxyl groups excluding tert-OH is 1. The van der Waals surface area contributed by atoms with Crippen molar-refractivity contribution in [3.63, 3.8) is 0 Å². The van der Waals surface area contributed by atoms with Crippen LogP contribution in [-0.2, 0) is 16.8 Å². The average Bonchev–Trinajstić information content (AvgIpc) is 3.48. The van der Waals surface area contributed by atoms with Gasteiger partial charge < -0.3 is 23.2 Å². The first-order valence-corrected chi connectivity index (χ1v) is 22.2. The zero-order chi connectivity index (χ0) is 38.3. The summed E-state index contributed by atoms with van der Waals surface area (Å²) in [4.78, 5) is 4.07. The monoisotopic (exact) mass is 750 g/mol. The number of halogens is 1. The topological polar surface area (TPSA) is 113 Å². The van der Waals surface area contributed by atoms with E-state index in [1.165, 1.54) is 164 Å². The van der Waals surface area contributed by atoms with Crippen molar-refractivity contribution in [2.45, 2.75) is 177 Å². The first-order valence-electron chi connectivity index (χ1n) is 20.5. The normalized spacial score (nSPS) is 14.1. The van der Waals surface area contributed by atoms with Crippen LogP contribution in [-0.4, -0.2) is 88.9 Å². The third kappa shape index (κ3) is 26.0. The molecule has 0 amide bonds. The summed E-state index contributed by atoms with van der Waals surface area (Å²) in [6.07, 6.45) is 25.0. The fraction of sp³-hybridized carbons (Fsp3) is 0.875. The quantitative estimate of drug-likeness (QED) is 0.0639. The molecule has 0 saturated carbocycles. The van der Waals surface area contributed by atoms with Gasteiger partial charge in [0.25, 0.3) is 0 Å². The lowest BCUT2D eigenvalue weighted by Crippen LogP contribution is -2.50. The van der Waals surface area contributed by atoms with Crippen LogP contribution < -0.4 is 0 Å². The summed E-state index contributed by atoms with van der Waals surface area (Å²) in [6.45, 7) is 30.0. The molecule has 298 valence electrons. The number of unbranched alkanes of at least 4 members (excludes halogenated alkanes) is 8. The summed E-state index contributed by atoms with van der Waals surface area (Å²) in [5.41, 5.74) is 1.78. The lowest BCUT2D eigenvalue weighted by molar-refractivity contribution is -0.929. The fourth-order valence-corrected chi connectivity index (χ4v) is 6.97. The summed E-state index contributed by atoms with van der Waals surface area (Å²) >= 11 is 5.88. The van der Waals surface area contributed by atoms with Crippen LogP contribution >= 0.6 is 11.6 Å². The molecule has 8 nitrogen and oxygen atoms in total. The maximum absolute atomic E-state index is 9.38. The zero-order valence-corrected chi connectivity index (χ0v) is 35.4. The highest BCUT2D eigenvalue weighted by Crippen LogP contribution is 2.33. The number of aliphatic hydroxyl groups is 1. The van der Waals surface area contributed by atoms with Crippen molar-refractivity contribution in [1.82, 2.24) is 4.98 Å². The lowest BCUT2D eigenvalue weighted by Gasteiger charge is -2.39. The number of aromatic nitrogens is 1. The standard InChI is InChI=1S/2C16H36N.C8H8ClNO.H2O4S/c2*1-5-9-13-17(14-10-6-2,15-11-7-3)16-12-8-4;9-6-3-4-10-8-5(6)1-2-7(8)11;1-5(2,3)4/h2*5-16H2,1-4H3;3-4,7,11H,1-2H2;(H2,1,2,3,4)/q2*+1;;/p-2. The molecule has 1 heterocycles. The van der Waals surface area contributed by atoms with Crippen LogP contribution in [0.15, 0.2) is 12.3 Å². The maximum Gasteiger partial charge on any atom is 0.0966 e. The Balaban J connectivity index is 0. The van der Waals surface area contributed by atoms with Gasteiger partial charge in [0.15, 0.2) is 0 Å². The average molecular weight is 751 g/mol. The second-order valence-corrected chi connectivity index (χ2v) is 15.6. The third-order valence-electron chi connectivity index (χ3n) is 9.90. The molecule has 1 atom stereocenters. The Morgan fingerprint density at radius 2 is 0.900 bits per heavy atom. The Kier molecular flexibility index (Phi) is 32.5. The summed E-state index contributed by atoms with van der Waals surface area (Å²) in [5, 5.41) is 10.1. The molecule has 1 N–H and O–H groups in total. The molecule has 1 aliphatic rings. The molecule has 1 unspecified atom stereocenters. The number of hydrogen-bond acceptors (Lipinski definition) is 6. The van der Waals surface area contributed by atoms with E-state index in [9.17, 15) is 5.11 Å². The minimum absolute atomic E-state index is 0.399. The number of hydrogen-bond donors (Lipinski definition) is 1. The molecule has 1 aliphatic carbocycles. The predicted molar refractivity (Wildman–Crippen MR) is 212 cm³/mol. The molecule has 0 radical (unpaired) electrons. The zero-order valence-electron chi connectivity index (χ0n) is 33.8. The van der Waals surface area contributed by atoms with Gasteiger partial charge in [-0.25, -0.2) is 0 Å². The van der Waals surface area contributed by atoms with Crippen LogP contribution in [0.2, 0.25) is 5.02 Å². The van der Waals surface area contributed by atoms with Crippen molar-refractivity contribution in [2.24, 2.45) is 0 Å². The van der Waals surface area contributed by atoms with Crippen LogP contribution in [0, 0.1) is 0 Å². The second kappa shape index (κ2) is 31.7. The van der Waals surface area contributed by atoms with Crippen LogP contribution in [0.25, 0.3) is 0 Å². The first kappa shape index (κ1) is 51.3. The summed E-state index contributed by atoms with van der Waals surface area (Å²) in [6, 6.07) is 1.76. The van der Waals surface area contributed by atoms with E-state index < -0.39 is 16.5 Å². The fourth-order valence-electron chi connectivity index (χ4n) is 6.73.